The largest absolute Gasteiger partial charge is 0.430 e. The summed E-state index contributed by atoms with van der Waals surface area (Å²) in [6, 6.07) is 7.96. The molecular formula is C12H11N3O3. The summed E-state index contributed by atoms with van der Waals surface area (Å²) >= 11 is 0. The molecule has 6 nitrogen and oxygen atoms in total. The molecule has 0 aliphatic heterocycles. The van der Waals surface area contributed by atoms with Crippen molar-refractivity contribution < 1.29 is 9.66 Å². The van der Waals surface area contributed by atoms with Crippen LogP contribution in [0.4, 0.5) is 11.4 Å². The highest BCUT2D eigenvalue weighted by Gasteiger charge is 2.17. The Morgan fingerprint density at radius 1 is 1.39 bits per heavy atom. The van der Waals surface area contributed by atoms with Gasteiger partial charge < -0.3 is 10.5 Å². The van der Waals surface area contributed by atoms with E-state index in [1.807, 2.05) is 0 Å². The van der Waals surface area contributed by atoms with Crippen molar-refractivity contribution in [3.63, 3.8) is 0 Å². The number of hydrogen-bond donors (Lipinski definition) is 1. The van der Waals surface area contributed by atoms with Gasteiger partial charge in [-0.1, -0.05) is 6.07 Å². The normalized spacial score (nSPS) is 10.1. The molecule has 18 heavy (non-hydrogen) atoms. The third-order valence-electron chi connectivity index (χ3n) is 2.32. The van der Waals surface area contributed by atoms with Crippen molar-refractivity contribution >= 4 is 11.4 Å². The van der Waals surface area contributed by atoms with Gasteiger partial charge in [0.1, 0.15) is 0 Å². The standard InChI is InChI=1S/C12H11N3O3/c1-8-4-5-11(10(7-8)15(16)17)18-12-9(13)3-2-6-14-12/h2-7H,13H2,1H3. The lowest BCUT2D eigenvalue weighted by molar-refractivity contribution is -0.385. The van der Waals surface area contributed by atoms with Gasteiger partial charge in [-0.25, -0.2) is 4.98 Å². The predicted octanol–water partition coefficient (Wildman–Crippen LogP) is 2.67. The number of nitrogens with zero attached hydrogens (tertiary/aromatic N) is 2. The number of rotatable bonds is 3. The first-order valence-electron chi connectivity index (χ1n) is 5.21. The number of ether oxygens (including phenoxy) is 1. The first-order valence-corrected chi connectivity index (χ1v) is 5.21. The third kappa shape index (κ3) is 2.37. The van der Waals surface area contributed by atoms with E-state index >= 15 is 0 Å². The second-order valence-electron chi connectivity index (χ2n) is 3.73. The number of nitro benzene ring substituents is 1. The van der Waals surface area contributed by atoms with Crippen LogP contribution in [0.5, 0.6) is 11.6 Å². The quantitative estimate of drug-likeness (QED) is 0.663. The highest BCUT2D eigenvalue weighted by molar-refractivity contribution is 5.54. The van der Waals surface area contributed by atoms with Crippen LogP contribution in [-0.4, -0.2) is 9.91 Å². The van der Waals surface area contributed by atoms with Gasteiger partial charge in [0.2, 0.25) is 11.6 Å². The van der Waals surface area contributed by atoms with Gasteiger partial charge in [0.25, 0.3) is 0 Å². The molecule has 1 heterocycles. The van der Waals surface area contributed by atoms with Gasteiger partial charge in [0.05, 0.1) is 10.6 Å². The summed E-state index contributed by atoms with van der Waals surface area (Å²) in [7, 11) is 0. The maximum Gasteiger partial charge on any atom is 0.311 e. The number of nitrogens with two attached hydrogens (primary N) is 1. The van der Waals surface area contributed by atoms with E-state index in [-0.39, 0.29) is 17.3 Å². The monoisotopic (exact) mass is 245 g/mol. The van der Waals surface area contributed by atoms with Crippen molar-refractivity contribution in [2.45, 2.75) is 6.92 Å². The van der Waals surface area contributed by atoms with Gasteiger partial charge in [-0.2, -0.15) is 0 Å². The summed E-state index contributed by atoms with van der Waals surface area (Å²) < 4.78 is 5.38. The van der Waals surface area contributed by atoms with E-state index in [2.05, 4.69) is 4.98 Å². The van der Waals surface area contributed by atoms with Crippen LogP contribution in [0.3, 0.4) is 0 Å². The first kappa shape index (κ1) is 11.8. The second kappa shape index (κ2) is 4.70. The molecule has 0 unspecified atom stereocenters. The minimum atomic E-state index is -0.499. The van der Waals surface area contributed by atoms with Gasteiger partial charge in [-0.15, -0.1) is 0 Å². The van der Waals surface area contributed by atoms with Crippen LogP contribution in [-0.2, 0) is 0 Å². The smallest absolute Gasteiger partial charge is 0.311 e. The van der Waals surface area contributed by atoms with Gasteiger partial charge >= 0.3 is 5.69 Å². The summed E-state index contributed by atoms with van der Waals surface area (Å²) in [5.41, 5.74) is 6.66. The minimum absolute atomic E-state index is 0.111. The van der Waals surface area contributed by atoms with E-state index in [0.29, 0.717) is 5.69 Å². The molecule has 2 rings (SSSR count). The number of benzene rings is 1. The molecule has 0 saturated carbocycles. The number of hydrogen-bond acceptors (Lipinski definition) is 5. The zero-order valence-electron chi connectivity index (χ0n) is 9.66. The molecule has 0 radical (unpaired) electrons. The molecule has 0 saturated heterocycles. The average Bonchev–Trinajstić information content (AvgIpc) is 2.34. The lowest BCUT2D eigenvalue weighted by Gasteiger charge is -2.07. The van der Waals surface area contributed by atoms with E-state index in [0.717, 1.165) is 5.56 Å². The summed E-state index contributed by atoms with van der Waals surface area (Å²) in [6.07, 6.45) is 1.51. The van der Waals surface area contributed by atoms with E-state index < -0.39 is 4.92 Å². The molecule has 2 N–H and O–H groups in total. The van der Waals surface area contributed by atoms with Crippen molar-refractivity contribution in [1.82, 2.24) is 4.98 Å². The molecule has 0 atom stereocenters. The minimum Gasteiger partial charge on any atom is -0.430 e. The lowest BCUT2D eigenvalue weighted by atomic mass is 10.2. The molecule has 0 aliphatic rings. The average molecular weight is 245 g/mol. The summed E-state index contributed by atoms with van der Waals surface area (Å²) in [4.78, 5) is 14.4. The van der Waals surface area contributed by atoms with E-state index in [1.54, 1.807) is 25.1 Å². The van der Waals surface area contributed by atoms with Crippen LogP contribution >= 0.6 is 0 Å². The van der Waals surface area contributed by atoms with Crippen molar-refractivity contribution in [3.8, 4) is 11.6 Å². The summed E-state index contributed by atoms with van der Waals surface area (Å²) in [5.74, 6) is 0.278. The molecule has 0 aliphatic carbocycles. The number of nitro groups is 1. The Kier molecular flexibility index (Phi) is 3.09. The molecule has 92 valence electrons. The SMILES string of the molecule is Cc1ccc(Oc2ncccc2N)c([N+](=O)[O-])c1. The number of aromatic nitrogens is 1. The molecule has 1 aromatic carbocycles. The van der Waals surface area contributed by atoms with Crippen LogP contribution in [0.1, 0.15) is 5.56 Å². The molecule has 0 bridgehead atoms. The zero-order valence-corrected chi connectivity index (χ0v) is 9.66. The van der Waals surface area contributed by atoms with Gasteiger partial charge in [-0.3, -0.25) is 10.1 Å². The molecule has 0 amide bonds. The van der Waals surface area contributed by atoms with Crippen molar-refractivity contribution in [2.24, 2.45) is 0 Å². The lowest BCUT2D eigenvalue weighted by Crippen LogP contribution is -1.97. The van der Waals surface area contributed by atoms with Crippen LogP contribution in [0.25, 0.3) is 0 Å². The van der Waals surface area contributed by atoms with Crippen molar-refractivity contribution in [2.75, 3.05) is 5.73 Å². The highest BCUT2D eigenvalue weighted by Crippen LogP contribution is 2.33. The maximum atomic E-state index is 10.9. The Labute approximate surface area is 103 Å². The maximum absolute atomic E-state index is 10.9. The number of anilines is 1. The van der Waals surface area contributed by atoms with Crippen molar-refractivity contribution in [3.05, 3.63) is 52.2 Å². The fraction of sp³-hybridized carbons (Fsp3) is 0.0833. The van der Waals surface area contributed by atoms with Gasteiger partial charge in [-0.05, 0) is 30.7 Å². The number of nitrogen functional groups attached to an aromatic ring is 1. The summed E-state index contributed by atoms with van der Waals surface area (Å²) in [5, 5.41) is 10.9. The molecule has 2 aromatic rings. The van der Waals surface area contributed by atoms with E-state index in [9.17, 15) is 10.1 Å². The van der Waals surface area contributed by atoms with Crippen LogP contribution in [0.15, 0.2) is 36.5 Å². The third-order valence-corrected chi connectivity index (χ3v) is 2.32. The van der Waals surface area contributed by atoms with Crippen molar-refractivity contribution in [1.29, 1.82) is 0 Å². The number of pyridine rings is 1. The predicted molar refractivity (Wildman–Crippen MR) is 66.6 cm³/mol. The Morgan fingerprint density at radius 2 is 2.17 bits per heavy atom. The number of aryl methyl sites for hydroxylation is 1. The van der Waals surface area contributed by atoms with Crippen LogP contribution in [0, 0.1) is 17.0 Å². The molecule has 0 spiro atoms. The molecule has 0 fully saturated rings. The topological polar surface area (TPSA) is 91.3 Å². The van der Waals surface area contributed by atoms with E-state index in [1.165, 1.54) is 18.3 Å². The molecular weight excluding hydrogens is 234 g/mol. The van der Waals surface area contributed by atoms with Crippen LogP contribution < -0.4 is 10.5 Å². The first-order chi connectivity index (χ1) is 8.58. The van der Waals surface area contributed by atoms with Crippen LogP contribution in [0.2, 0.25) is 0 Å². The Bertz CT molecular complexity index is 599. The molecule has 1 aromatic heterocycles. The fourth-order valence-electron chi connectivity index (χ4n) is 1.45. The Morgan fingerprint density at radius 3 is 2.83 bits per heavy atom. The molecule has 6 heteroatoms. The Hall–Kier alpha value is -2.63. The summed E-state index contributed by atoms with van der Waals surface area (Å²) in [6.45, 7) is 1.77. The zero-order chi connectivity index (χ0) is 13.1. The Balaban J connectivity index is 2.41. The van der Waals surface area contributed by atoms with Gasteiger partial charge in [0.15, 0.2) is 0 Å². The fourth-order valence-corrected chi connectivity index (χ4v) is 1.45. The second-order valence-corrected chi connectivity index (χ2v) is 3.73. The van der Waals surface area contributed by atoms with Gasteiger partial charge in [0, 0.05) is 12.3 Å². The van der Waals surface area contributed by atoms with E-state index in [4.69, 9.17) is 10.5 Å². The highest BCUT2D eigenvalue weighted by atomic mass is 16.6.